The van der Waals surface area contributed by atoms with E-state index in [1.807, 2.05) is 11.8 Å². The fourth-order valence-electron chi connectivity index (χ4n) is 10.5. The quantitative estimate of drug-likeness (QED) is 0.0750. The van der Waals surface area contributed by atoms with E-state index in [4.69, 9.17) is 12.6 Å². The number of fused-ring (bicyclic) bond motifs is 13. The Balaban J connectivity index is 1.16. The first-order valence-corrected chi connectivity index (χ1v) is 23.5. The van der Waals surface area contributed by atoms with Crippen LogP contribution in [0, 0.1) is 0 Å². The van der Waals surface area contributed by atoms with Gasteiger partial charge in [0.25, 0.3) is 0 Å². The Morgan fingerprint density at radius 3 is 1.95 bits per heavy atom. The summed E-state index contributed by atoms with van der Waals surface area (Å²) in [6.07, 6.45) is 4.55. The van der Waals surface area contributed by atoms with Crippen molar-refractivity contribution >= 4 is 63.3 Å². The van der Waals surface area contributed by atoms with Crippen molar-refractivity contribution in [2.45, 2.75) is 55.1 Å². The SMILES string of the molecule is CCCCSc1ccc2c(c1)C1(c3ccccc3-c3ccc([NH+](c4ccccc4)c4ccc5c(c4)c4ccccc4n5-c4ccccc4)cc31)c1cc(C(S)CCC)ccc1-2. The normalized spacial score (nSPS) is 15.8. The zero-order chi connectivity index (χ0) is 41.1. The second kappa shape index (κ2) is 15.6. The Labute approximate surface area is 369 Å². The summed E-state index contributed by atoms with van der Waals surface area (Å²) >= 11 is 7.19. The van der Waals surface area contributed by atoms with Gasteiger partial charge in [-0.2, -0.15) is 12.6 Å². The summed E-state index contributed by atoms with van der Waals surface area (Å²) in [5.74, 6) is 1.12. The van der Waals surface area contributed by atoms with Crippen molar-refractivity contribution < 1.29 is 4.90 Å². The number of hydrogen-bond acceptors (Lipinski definition) is 2. The number of hydrogen-bond donors (Lipinski definition) is 2. The van der Waals surface area contributed by atoms with E-state index >= 15 is 0 Å². The largest absolute Gasteiger partial charge is 0.309 e. The highest BCUT2D eigenvalue weighted by Gasteiger charge is 2.52. The number of aromatic nitrogens is 1. The average molecular weight is 826 g/mol. The van der Waals surface area contributed by atoms with Crippen LogP contribution in [0.2, 0.25) is 0 Å². The standard InChI is InChI=1S/C57H48N2S2/c1-3-5-33-61-43-28-31-47-45-29-25-38(56(60)16-4-2)34-51(45)57(53(47)37-43)50-23-14-12-21-44(50)46-30-26-42(36-52(46)57)58(39-17-8-6-9-18-39)41-27-32-55-49(35-41)48-22-13-15-24-54(48)59(55)40-19-10-7-11-20-40/h6-15,17-32,34-37,56,60H,3-5,16,33H2,1-2H3/p+1. The molecule has 0 fully saturated rings. The summed E-state index contributed by atoms with van der Waals surface area (Å²) in [6, 6.07) is 68.8. The lowest BCUT2D eigenvalue weighted by molar-refractivity contribution is -0.681. The highest BCUT2D eigenvalue weighted by molar-refractivity contribution is 7.99. The van der Waals surface area contributed by atoms with E-state index in [9.17, 15) is 0 Å². The van der Waals surface area contributed by atoms with Gasteiger partial charge in [-0.1, -0.05) is 130 Å². The van der Waals surface area contributed by atoms with E-state index in [2.05, 4.69) is 200 Å². The lowest BCUT2D eigenvalue weighted by atomic mass is 9.70. The first kappa shape index (κ1) is 38.2. The molecule has 61 heavy (non-hydrogen) atoms. The van der Waals surface area contributed by atoms with Gasteiger partial charge in [0.15, 0.2) is 0 Å². The molecule has 1 aromatic heterocycles. The Morgan fingerprint density at radius 1 is 0.525 bits per heavy atom. The molecule has 9 aromatic rings. The van der Waals surface area contributed by atoms with Gasteiger partial charge in [0.1, 0.15) is 17.1 Å². The van der Waals surface area contributed by atoms with Gasteiger partial charge in [-0.05, 0) is 123 Å². The zero-order valence-corrected chi connectivity index (χ0v) is 36.4. The molecule has 11 rings (SSSR count). The molecule has 0 saturated heterocycles. The van der Waals surface area contributed by atoms with Crippen LogP contribution in [0.5, 0.6) is 0 Å². The van der Waals surface area contributed by atoms with Crippen LogP contribution in [0.25, 0.3) is 49.7 Å². The summed E-state index contributed by atoms with van der Waals surface area (Å²) in [6.45, 7) is 4.54. The van der Waals surface area contributed by atoms with Gasteiger partial charge in [0, 0.05) is 50.9 Å². The number of para-hydroxylation sites is 3. The highest BCUT2D eigenvalue weighted by atomic mass is 32.2. The third-order valence-electron chi connectivity index (χ3n) is 13.2. The second-order valence-corrected chi connectivity index (χ2v) is 18.5. The van der Waals surface area contributed by atoms with Gasteiger partial charge in [-0.3, -0.25) is 0 Å². The third kappa shape index (κ3) is 6.06. The minimum absolute atomic E-state index is 0.180. The number of thioether (sulfide) groups is 1. The van der Waals surface area contributed by atoms with Crippen molar-refractivity contribution in [2.24, 2.45) is 0 Å². The van der Waals surface area contributed by atoms with Crippen molar-refractivity contribution in [1.82, 2.24) is 4.57 Å². The maximum atomic E-state index is 5.19. The number of nitrogens with zero attached hydrogens (tertiary/aromatic N) is 1. The molecule has 0 aliphatic heterocycles. The van der Waals surface area contributed by atoms with Gasteiger partial charge in [-0.25, -0.2) is 4.90 Å². The summed E-state index contributed by atoms with van der Waals surface area (Å²) in [5, 5.41) is 2.69. The molecule has 2 aliphatic carbocycles. The summed E-state index contributed by atoms with van der Waals surface area (Å²) in [4.78, 5) is 2.58. The minimum atomic E-state index is -0.474. The van der Waals surface area contributed by atoms with Crippen molar-refractivity contribution in [2.75, 3.05) is 5.75 Å². The molecule has 2 nitrogen and oxygen atoms in total. The smallest absolute Gasteiger partial charge is 0.142 e. The zero-order valence-electron chi connectivity index (χ0n) is 34.7. The number of quaternary nitrogens is 1. The first-order chi connectivity index (χ1) is 30.1. The topological polar surface area (TPSA) is 9.37 Å². The molecule has 1 spiro atoms. The van der Waals surface area contributed by atoms with Crippen LogP contribution >= 0.6 is 24.4 Å². The van der Waals surface area contributed by atoms with Crippen molar-refractivity contribution in [1.29, 1.82) is 0 Å². The molecule has 0 amide bonds. The molecule has 1 N–H and O–H groups in total. The molecule has 2 aliphatic rings. The Kier molecular flexibility index (Phi) is 9.76. The van der Waals surface area contributed by atoms with Crippen LogP contribution in [0.4, 0.5) is 17.1 Å². The Bertz CT molecular complexity index is 3090. The molecule has 298 valence electrons. The van der Waals surface area contributed by atoms with Crippen LogP contribution < -0.4 is 4.90 Å². The molecule has 3 unspecified atom stereocenters. The molecular weight excluding hydrogens is 777 g/mol. The van der Waals surface area contributed by atoms with E-state index in [0.29, 0.717) is 0 Å². The van der Waals surface area contributed by atoms with Crippen LogP contribution in [0.15, 0.2) is 187 Å². The first-order valence-electron chi connectivity index (χ1n) is 22.0. The monoisotopic (exact) mass is 825 g/mol. The molecule has 3 atom stereocenters. The molecule has 8 aromatic carbocycles. The number of unbranched alkanes of at least 4 members (excludes halogenated alkanes) is 1. The van der Waals surface area contributed by atoms with Crippen molar-refractivity contribution in [3.8, 4) is 27.9 Å². The van der Waals surface area contributed by atoms with E-state index in [-0.39, 0.29) is 5.25 Å². The lowest BCUT2D eigenvalue weighted by Crippen LogP contribution is -2.96. The van der Waals surface area contributed by atoms with Gasteiger partial charge in [-0.15, -0.1) is 11.8 Å². The van der Waals surface area contributed by atoms with Gasteiger partial charge in [0.05, 0.1) is 16.4 Å². The van der Waals surface area contributed by atoms with Crippen molar-refractivity contribution in [3.05, 3.63) is 210 Å². The highest BCUT2D eigenvalue weighted by Crippen LogP contribution is 2.63. The maximum Gasteiger partial charge on any atom is 0.142 e. The number of nitrogens with one attached hydrogen (secondary N) is 1. The van der Waals surface area contributed by atoms with E-state index in [1.54, 1.807) is 0 Å². The molecular formula is C57H49N2S2+. The fourth-order valence-corrected chi connectivity index (χ4v) is 11.9. The minimum Gasteiger partial charge on any atom is -0.309 e. The Hall–Kier alpha value is -5.78. The van der Waals surface area contributed by atoms with Crippen molar-refractivity contribution in [3.63, 3.8) is 0 Å². The second-order valence-electron chi connectivity index (χ2n) is 16.7. The van der Waals surface area contributed by atoms with E-state index in [1.165, 1.54) is 117 Å². The summed E-state index contributed by atoms with van der Waals surface area (Å²) < 4.78 is 2.40. The summed E-state index contributed by atoms with van der Waals surface area (Å²) in [5.41, 5.74) is 18.9. The number of benzene rings is 8. The maximum absolute atomic E-state index is 5.19. The van der Waals surface area contributed by atoms with Gasteiger partial charge >= 0.3 is 0 Å². The molecule has 4 heteroatoms. The Morgan fingerprint density at radius 2 is 1.15 bits per heavy atom. The number of rotatable bonds is 11. The van der Waals surface area contributed by atoms with Crippen LogP contribution in [0.1, 0.15) is 72.6 Å². The van der Waals surface area contributed by atoms with E-state index in [0.717, 1.165) is 18.6 Å². The third-order valence-corrected chi connectivity index (χ3v) is 14.9. The number of thiol groups is 1. The molecule has 0 saturated carbocycles. The predicted molar refractivity (Wildman–Crippen MR) is 262 cm³/mol. The van der Waals surface area contributed by atoms with Crippen LogP contribution in [-0.2, 0) is 5.41 Å². The fraction of sp³-hybridized carbons (Fsp3) is 0.158. The predicted octanol–water partition coefficient (Wildman–Crippen LogP) is 15.0. The van der Waals surface area contributed by atoms with Crippen LogP contribution in [-0.4, -0.2) is 10.3 Å². The lowest BCUT2D eigenvalue weighted by Gasteiger charge is -2.32. The molecule has 0 radical (unpaired) electrons. The van der Waals surface area contributed by atoms with Gasteiger partial charge in [0.2, 0.25) is 0 Å². The van der Waals surface area contributed by atoms with Crippen LogP contribution in [0.3, 0.4) is 0 Å². The molecule has 0 bridgehead atoms. The average Bonchev–Trinajstić information content (AvgIpc) is 3.91. The molecule has 1 heterocycles. The van der Waals surface area contributed by atoms with E-state index < -0.39 is 5.41 Å². The van der Waals surface area contributed by atoms with Gasteiger partial charge < -0.3 is 4.57 Å². The summed E-state index contributed by atoms with van der Waals surface area (Å²) in [7, 11) is 0.